The third-order valence-corrected chi connectivity index (χ3v) is 22.0. The molecule has 494 valence electrons. The van der Waals surface area contributed by atoms with E-state index in [0.29, 0.717) is 0 Å². The van der Waals surface area contributed by atoms with Gasteiger partial charge in [0.15, 0.2) is 0 Å². The molecular weight excluding hydrogens is 1280 g/mol. The van der Waals surface area contributed by atoms with Crippen LogP contribution >= 0.6 is 0 Å². The van der Waals surface area contributed by atoms with E-state index >= 15 is 0 Å². The molecule has 21 rings (SSSR count). The number of para-hydroxylation sites is 8. The quantitative estimate of drug-likeness (QED) is 0.0858. The van der Waals surface area contributed by atoms with Crippen molar-refractivity contribution in [3.63, 3.8) is 0 Å². The highest BCUT2D eigenvalue weighted by Crippen LogP contribution is 2.46. The van der Waals surface area contributed by atoms with Crippen LogP contribution in [0.15, 0.2) is 388 Å². The van der Waals surface area contributed by atoms with Crippen LogP contribution in [0.25, 0.3) is 177 Å². The summed E-state index contributed by atoms with van der Waals surface area (Å²) in [4.78, 5) is 0. The Labute approximate surface area is 613 Å². The summed E-state index contributed by atoms with van der Waals surface area (Å²) in [7, 11) is 0. The summed E-state index contributed by atoms with van der Waals surface area (Å²) in [5.74, 6) is 0. The number of rotatable bonds is 12. The Morgan fingerprint density at radius 3 is 0.538 bits per heavy atom. The van der Waals surface area contributed by atoms with E-state index in [1.807, 2.05) is 0 Å². The summed E-state index contributed by atoms with van der Waals surface area (Å²) in [6.07, 6.45) is 4.72. The predicted molar refractivity (Wildman–Crippen MR) is 449 cm³/mol. The lowest BCUT2D eigenvalue weighted by molar-refractivity contribution is 1.18. The molecule has 0 radical (unpaired) electrons. The lowest BCUT2D eigenvalue weighted by Crippen LogP contribution is -1.96. The van der Waals surface area contributed by atoms with Crippen LogP contribution in [0.4, 0.5) is 0 Å². The van der Waals surface area contributed by atoms with E-state index in [2.05, 4.69) is 419 Å². The fourth-order valence-corrected chi connectivity index (χ4v) is 17.2. The van der Waals surface area contributed by atoms with Crippen LogP contribution in [0, 0.1) is 0 Å². The average Bonchev–Trinajstić information content (AvgIpc) is 1.56. The SMILES string of the molecule is C(=C(\c1ccc(-c2c3ccccc3c(-c3ccc(/C(=C/c4ccc(-n5c6ccccc6c6ccccc65)cc4)c4ccc(-n5c6ccccc6c6ccccc65)cc4)cc3)c3ccccc23)cc1)c1ccc(-n2c3ccccc3c3ccccc32)cc1)/c1ccc(-n2c3ccccc3c3ccccc32)cc1. The Morgan fingerprint density at radius 2 is 0.330 bits per heavy atom. The van der Waals surface area contributed by atoms with Gasteiger partial charge in [-0.05, 0) is 198 Å². The molecule has 0 fully saturated rings. The normalized spacial score (nSPS) is 12.3. The van der Waals surface area contributed by atoms with Crippen LogP contribution in [0.3, 0.4) is 0 Å². The Hall–Kier alpha value is -14.1. The first-order valence-electron chi connectivity index (χ1n) is 36.5. The van der Waals surface area contributed by atoms with Gasteiger partial charge in [0.25, 0.3) is 0 Å². The van der Waals surface area contributed by atoms with Gasteiger partial charge in [-0.1, -0.05) is 291 Å². The molecule has 106 heavy (non-hydrogen) atoms. The summed E-state index contributed by atoms with van der Waals surface area (Å²) in [6.45, 7) is 0. The van der Waals surface area contributed by atoms with Crippen LogP contribution < -0.4 is 0 Å². The van der Waals surface area contributed by atoms with Gasteiger partial charge in [0, 0.05) is 65.8 Å². The topological polar surface area (TPSA) is 19.7 Å². The standard InChI is InChI=1S/C102H66N4/c1-2-30-88-87(29-1)101(73-49-45-69(46-50-73)91(71-53-61-77(62-54-71)105-97-37-17-9-25-83(97)84-26-10-18-38-98(84)105)65-67-41-57-75(58-42-67)103-93-33-13-5-21-79(93)80-22-6-14-34-94(80)103)89-31-3-4-32-90(89)102(88)74-51-47-70(48-52-74)92(72-55-63-78(64-56-72)106-99-39-19-11-27-85(99)86-28-12-20-40-100(86)106)66-68-43-59-76(60-44-68)104-95-35-15-7-23-81(95)82-24-8-16-36-96(82)104/h1-66H/b91-65-,92-66-. The number of hydrogen-bond donors (Lipinski definition) is 0. The van der Waals surface area contributed by atoms with E-state index in [0.717, 1.165) is 78.4 Å². The first-order chi connectivity index (χ1) is 52.6. The van der Waals surface area contributed by atoms with Crippen LogP contribution in [0.2, 0.25) is 0 Å². The highest BCUT2D eigenvalue weighted by Gasteiger charge is 2.21. The molecule has 17 aromatic carbocycles. The van der Waals surface area contributed by atoms with Crippen LogP contribution in [-0.4, -0.2) is 18.3 Å². The van der Waals surface area contributed by atoms with Gasteiger partial charge in [-0.2, -0.15) is 0 Å². The van der Waals surface area contributed by atoms with Crippen molar-refractivity contribution in [2.45, 2.75) is 0 Å². The molecule has 4 heterocycles. The number of hydrogen-bond acceptors (Lipinski definition) is 0. The molecule has 0 N–H and O–H groups in total. The molecule has 21 aromatic rings. The zero-order valence-electron chi connectivity index (χ0n) is 57.9. The summed E-state index contributed by atoms with van der Waals surface area (Å²) >= 11 is 0. The molecule has 0 bridgehead atoms. The summed E-state index contributed by atoms with van der Waals surface area (Å²) in [6, 6.07) is 143. The molecule has 0 saturated carbocycles. The molecule has 0 unspecified atom stereocenters. The Balaban J connectivity index is 0.658. The van der Waals surface area contributed by atoms with E-state index in [1.54, 1.807) is 0 Å². The minimum atomic E-state index is 1.12. The third-order valence-electron chi connectivity index (χ3n) is 22.0. The monoisotopic (exact) mass is 1350 g/mol. The van der Waals surface area contributed by atoms with Crippen LogP contribution in [0.1, 0.15) is 33.4 Å². The average molecular weight is 1350 g/mol. The number of benzene rings is 17. The second-order valence-corrected chi connectivity index (χ2v) is 27.9. The van der Waals surface area contributed by atoms with Crippen molar-refractivity contribution in [1.29, 1.82) is 0 Å². The molecule has 4 aromatic heterocycles. The third kappa shape index (κ3) is 9.91. The van der Waals surface area contributed by atoms with E-state index < -0.39 is 0 Å². The lowest BCUT2D eigenvalue weighted by Gasteiger charge is -2.19. The largest absolute Gasteiger partial charge is 0.309 e. The molecule has 4 nitrogen and oxygen atoms in total. The summed E-state index contributed by atoms with van der Waals surface area (Å²) in [5.41, 5.74) is 27.9. The summed E-state index contributed by atoms with van der Waals surface area (Å²) < 4.78 is 9.57. The molecule has 0 aliphatic carbocycles. The second kappa shape index (κ2) is 24.9. The molecule has 0 aliphatic heterocycles. The van der Waals surface area contributed by atoms with Crippen molar-refractivity contribution < 1.29 is 0 Å². The van der Waals surface area contributed by atoms with Crippen LogP contribution in [-0.2, 0) is 0 Å². The summed E-state index contributed by atoms with van der Waals surface area (Å²) in [5, 5.41) is 14.9. The number of nitrogens with zero attached hydrogens (tertiary/aromatic N) is 4. The lowest BCUT2D eigenvalue weighted by atomic mass is 9.85. The van der Waals surface area contributed by atoms with Crippen LogP contribution in [0.5, 0.6) is 0 Å². The van der Waals surface area contributed by atoms with Gasteiger partial charge >= 0.3 is 0 Å². The minimum absolute atomic E-state index is 1.12. The van der Waals surface area contributed by atoms with Gasteiger partial charge in [-0.3, -0.25) is 0 Å². The molecule has 0 spiro atoms. The maximum atomic E-state index is 2.40. The number of fused-ring (bicyclic) bond motifs is 14. The van der Waals surface area contributed by atoms with Gasteiger partial charge in [0.2, 0.25) is 0 Å². The Kier molecular flexibility index (Phi) is 14.2. The van der Waals surface area contributed by atoms with E-state index in [9.17, 15) is 0 Å². The van der Waals surface area contributed by atoms with Gasteiger partial charge < -0.3 is 18.3 Å². The fourth-order valence-electron chi connectivity index (χ4n) is 17.2. The van der Waals surface area contributed by atoms with Gasteiger partial charge in [-0.25, -0.2) is 0 Å². The zero-order chi connectivity index (χ0) is 69.8. The predicted octanol–water partition coefficient (Wildman–Crippen LogP) is 26.9. The van der Waals surface area contributed by atoms with Gasteiger partial charge in [0.1, 0.15) is 0 Å². The molecule has 0 atom stereocenters. The molecule has 0 amide bonds. The van der Waals surface area contributed by atoms with Gasteiger partial charge in [0.05, 0.1) is 44.1 Å². The van der Waals surface area contributed by atoms with E-state index in [-0.39, 0.29) is 0 Å². The highest BCUT2D eigenvalue weighted by molar-refractivity contribution is 6.22. The van der Waals surface area contributed by atoms with E-state index in [1.165, 1.54) is 120 Å². The van der Waals surface area contributed by atoms with Crippen molar-refractivity contribution in [3.05, 3.63) is 422 Å². The Bertz CT molecular complexity index is 6420. The highest BCUT2D eigenvalue weighted by atomic mass is 15.0. The number of aromatic nitrogens is 4. The Morgan fingerprint density at radius 1 is 0.160 bits per heavy atom. The molecule has 4 heteroatoms. The molecule has 0 saturated heterocycles. The second-order valence-electron chi connectivity index (χ2n) is 27.9. The molecule has 0 aliphatic rings. The first kappa shape index (κ1) is 60.7. The van der Waals surface area contributed by atoms with Gasteiger partial charge in [-0.15, -0.1) is 0 Å². The first-order valence-corrected chi connectivity index (χ1v) is 36.5. The molecular formula is C102H66N4. The smallest absolute Gasteiger partial charge is 0.0541 e. The maximum absolute atomic E-state index is 2.40. The van der Waals surface area contributed by atoms with Crippen molar-refractivity contribution >= 4 is 132 Å². The van der Waals surface area contributed by atoms with Crippen molar-refractivity contribution in [2.24, 2.45) is 0 Å². The minimum Gasteiger partial charge on any atom is -0.309 e. The van der Waals surface area contributed by atoms with Crippen molar-refractivity contribution in [3.8, 4) is 45.0 Å². The maximum Gasteiger partial charge on any atom is 0.0541 e. The van der Waals surface area contributed by atoms with E-state index in [4.69, 9.17) is 0 Å². The van der Waals surface area contributed by atoms with Crippen molar-refractivity contribution in [1.82, 2.24) is 18.3 Å². The zero-order valence-corrected chi connectivity index (χ0v) is 57.9. The fraction of sp³-hybridized carbons (Fsp3) is 0. The van der Waals surface area contributed by atoms with Crippen molar-refractivity contribution in [2.75, 3.05) is 0 Å².